The third-order valence-corrected chi connectivity index (χ3v) is 6.47. The lowest BCUT2D eigenvalue weighted by Crippen LogP contribution is -2.30. The van der Waals surface area contributed by atoms with Gasteiger partial charge in [0.15, 0.2) is 0 Å². The Kier molecular flexibility index (Phi) is 7.73. The average molecular weight is 519 g/mol. The number of pyridine rings is 2. The molecule has 0 aliphatic heterocycles. The summed E-state index contributed by atoms with van der Waals surface area (Å²) in [5.74, 6) is 0.735. The van der Waals surface area contributed by atoms with Crippen molar-refractivity contribution < 1.29 is 14.3 Å². The van der Waals surface area contributed by atoms with Crippen molar-refractivity contribution in [3.05, 3.63) is 81.8 Å². The Labute approximate surface area is 219 Å². The molecule has 3 aromatic heterocycles. The van der Waals surface area contributed by atoms with Crippen molar-refractivity contribution in [1.29, 1.82) is 0 Å². The molecule has 1 aromatic carbocycles. The fourth-order valence-corrected chi connectivity index (χ4v) is 4.72. The van der Waals surface area contributed by atoms with Gasteiger partial charge in [-0.3, -0.25) is 15.1 Å². The second-order valence-corrected chi connectivity index (χ2v) is 10.3. The number of carbonyl (C=O) groups excluding carboxylic acids is 1. The minimum atomic E-state index is -0.662. The van der Waals surface area contributed by atoms with E-state index in [1.54, 1.807) is 50.9 Å². The topological polar surface area (TPSA) is 95.3 Å². The standard InChI is InChI=1S/C28H30N4O4S/c1-6-24-22(31-27(34)36-28(2,3)4)15-21(23-17-37-25(30-23)19-11-13-29-14-12-19)26(33)32(24)16-18-7-9-20(35-5)10-8-18/h7-15,17H,6,16H2,1-5H3,(H,31,34). The SMILES string of the molecule is CCc1c(NC(=O)OC(C)(C)C)cc(-c2csc(-c3ccncc3)n2)c(=O)n1Cc1ccc(OC)cc1. The molecule has 0 bridgehead atoms. The third-order valence-electron chi connectivity index (χ3n) is 5.58. The lowest BCUT2D eigenvalue weighted by molar-refractivity contribution is 0.0635. The van der Waals surface area contributed by atoms with Gasteiger partial charge in [-0.15, -0.1) is 11.3 Å². The highest BCUT2D eigenvalue weighted by molar-refractivity contribution is 7.13. The number of amides is 1. The third kappa shape index (κ3) is 6.24. The van der Waals surface area contributed by atoms with Crippen LogP contribution in [-0.2, 0) is 17.7 Å². The predicted octanol–water partition coefficient (Wildman–Crippen LogP) is 6.00. The number of methoxy groups -OCH3 is 1. The molecule has 0 unspecified atom stereocenters. The predicted molar refractivity (Wildman–Crippen MR) is 146 cm³/mol. The number of anilines is 1. The summed E-state index contributed by atoms with van der Waals surface area (Å²) in [6.07, 6.45) is 3.35. The van der Waals surface area contributed by atoms with Crippen molar-refractivity contribution in [2.24, 2.45) is 0 Å². The highest BCUT2D eigenvalue weighted by Crippen LogP contribution is 2.30. The number of ether oxygens (including phenoxy) is 2. The van der Waals surface area contributed by atoms with Crippen LogP contribution in [0.15, 0.2) is 65.0 Å². The highest BCUT2D eigenvalue weighted by atomic mass is 32.1. The number of nitrogens with zero attached hydrogens (tertiary/aromatic N) is 3. The lowest BCUT2D eigenvalue weighted by atomic mass is 10.1. The number of thiazole rings is 1. The molecule has 1 amide bonds. The van der Waals surface area contributed by atoms with Gasteiger partial charge in [-0.05, 0) is 63.1 Å². The molecule has 3 heterocycles. The van der Waals surface area contributed by atoms with E-state index >= 15 is 0 Å². The fourth-order valence-electron chi connectivity index (χ4n) is 3.89. The summed E-state index contributed by atoms with van der Waals surface area (Å²) in [6, 6.07) is 13.0. The van der Waals surface area contributed by atoms with E-state index in [2.05, 4.69) is 10.3 Å². The minimum absolute atomic E-state index is 0.186. The molecule has 37 heavy (non-hydrogen) atoms. The molecule has 0 saturated heterocycles. The molecule has 0 radical (unpaired) electrons. The van der Waals surface area contributed by atoms with Crippen molar-refractivity contribution in [1.82, 2.24) is 14.5 Å². The highest BCUT2D eigenvalue weighted by Gasteiger charge is 2.22. The molecule has 4 rings (SSSR count). The molecule has 0 aliphatic carbocycles. The summed E-state index contributed by atoms with van der Waals surface area (Å²) in [5.41, 5.74) is 3.14. The van der Waals surface area contributed by atoms with Crippen LogP contribution in [0.3, 0.4) is 0 Å². The van der Waals surface area contributed by atoms with Crippen molar-refractivity contribution in [3.8, 4) is 27.6 Å². The van der Waals surface area contributed by atoms with Crippen LogP contribution in [0, 0.1) is 0 Å². The van der Waals surface area contributed by atoms with E-state index in [9.17, 15) is 9.59 Å². The van der Waals surface area contributed by atoms with E-state index in [0.29, 0.717) is 35.6 Å². The van der Waals surface area contributed by atoms with E-state index < -0.39 is 11.7 Å². The first-order chi connectivity index (χ1) is 17.7. The summed E-state index contributed by atoms with van der Waals surface area (Å²) >= 11 is 1.44. The van der Waals surface area contributed by atoms with Gasteiger partial charge < -0.3 is 14.0 Å². The molecule has 0 atom stereocenters. The smallest absolute Gasteiger partial charge is 0.412 e. The molecule has 192 valence electrons. The summed E-state index contributed by atoms with van der Waals surface area (Å²) in [6.45, 7) is 7.69. The molecule has 8 nitrogen and oxygen atoms in total. The Morgan fingerprint density at radius 3 is 2.43 bits per heavy atom. The number of benzene rings is 1. The summed E-state index contributed by atoms with van der Waals surface area (Å²) in [7, 11) is 1.61. The van der Waals surface area contributed by atoms with Crippen LogP contribution >= 0.6 is 11.3 Å². The Balaban J connectivity index is 1.82. The van der Waals surface area contributed by atoms with E-state index in [1.807, 2.05) is 48.7 Å². The van der Waals surface area contributed by atoms with Crippen LogP contribution in [0.25, 0.3) is 21.8 Å². The van der Waals surface area contributed by atoms with Gasteiger partial charge in [0.05, 0.1) is 30.6 Å². The van der Waals surface area contributed by atoms with Crippen LogP contribution in [0.4, 0.5) is 10.5 Å². The molecule has 0 spiro atoms. The van der Waals surface area contributed by atoms with E-state index in [1.165, 1.54) is 11.3 Å². The number of rotatable bonds is 7. The van der Waals surface area contributed by atoms with Crippen LogP contribution in [0.5, 0.6) is 5.75 Å². The van der Waals surface area contributed by atoms with Gasteiger partial charge in [-0.25, -0.2) is 9.78 Å². The first-order valence-electron chi connectivity index (χ1n) is 11.9. The summed E-state index contributed by atoms with van der Waals surface area (Å²) in [5, 5.41) is 5.50. The fraction of sp³-hybridized carbons (Fsp3) is 0.286. The van der Waals surface area contributed by atoms with Crippen molar-refractivity contribution in [2.75, 3.05) is 12.4 Å². The maximum absolute atomic E-state index is 13.8. The number of hydrogen-bond acceptors (Lipinski definition) is 7. The van der Waals surface area contributed by atoms with Gasteiger partial charge in [0.25, 0.3) is 5.56 Å². The Bertz CT molecular complexity index is 1440. The van der Waals surface area contributed by atoms with E-state index in [0.717, 1.165) is 21.9 Å². The van der Waals surface area contributed by atoms with Crippen LogP contribution in [0.2, 0.25) is 0 Å². The molecular formula is C28H30N4O4S. The van der Waals surface area contributed by atoms with Gasteiger partial charge in [0.1, 0.15) is 16.4 Å². The quantitative estimate of drug-likeness (QED) is 0.322. The second kappa shape index (κ2) is 11.0. The number of nitrogens with one attached hydrogen (secondary N) is 1. The zero-order chi connectivity index (χ0) is 26.6. The zero-order valence-electron chi connectivity index (χ0n) is 21.6. The first-order valence-corrected chi connectivity index (χ1v) is 12.8. The first kappa shape index (κ1) is 26.1. The molecular weight excluding hydrogens is 488 g/mol. The minimum Gasteiger partial charge on any atom is -0.497 e. The molecule has 9 heteroatoms. The Morgan fingerprint density at radius 2 is 1.81 bits per heavy atom. The van der Waals surface area contributed by atoms with E-state index in [-0.39, 0.29) is 5.56 Å². The number of carbonyl (C=O) groups is 1. The van der Waals surface area contributed by atoms with Crippen molar-refractivity contribution in [2.45, 2.75) is 46.3 Å². The van der Waals surface area contributed by atoms with Gasteiger partial charge in [0, 0.05) is 29.0 Å². The van der Waals surface area contributed by atoms with Crippen LogP contribution < -0.4 is 15.6 Å². The number of hydrogen-bond donors (Lipinski definition) is 1. The molecule has 0 saturated carbocycles. The summed E-state index contributed by atoms with van der Waals surface area (Å²) < 4.78 is 12.4. The number of aromatic nitrogens is 3. The van der Waals surface area contributed by atoms with Crippen LogP contribution in [0.1, 0.15) is 39.0 Å². The van der Waals surface area contributed by atoms with Crippen LogP contribution in [-0.4, -0.2) is 33.3 Å². The van der Waals surface area contributed by atoms with Crippen molar-refractivity contribution >= 4 is 23.1 Å². The average Bonchev–Trinajstić information content (AvgIpc) is 3.36. The normalized spacial score (nSPS) is 11.3. The molecule has 0 aliphatic rings. The summed E-state index contributed by atoms with van der Waals surface area (Å²) in [4.78, 5) is 35.3. The van der Waals surface area contributed by atoms with Gasteiger partial charge in [0.2, 0.25) is 0 Å². The maximum Gasteiger partial charge on any atom is 0.412 e. The lowest BCUT2D eigenvalue weighted by Gasteiger charge is -2.22. The zero-order valence-corrected chi connectivity index (χ0v) is 22.4. The van der Waals surface area contributed by atoms with Crippen molar-refractivity contribution in [3.63, 3.8) is 0 Å². The van der Waals surface area contributed by atoms with Gasteiger partial charge in [-0.1, -0.05) is 19.1 Å². The Hall–Kier alpha value is -3.98. The maximum atomic E-state index is 13.8. The van der Waals surface area contributed by atoms with Gasteiger partial charge in [-0.2, -0.15) is 0 Å². The largest absolute Gasteiger partial charge is 0.497 e. The molecule has 1 N–H and O–H groups in total. The van der Waals surface area contributed by atoms with E-state index in [4.69, 9.17) is 14.5 Å². The van der Waals surface area contributed by atoms with Gasteiger partial charge >= 0.3 is 6.09 Å². The molecule has 4 aromatic rings. The molecule has 0 fully saturated rings. The Morgan fingerprint density at radius 1 is 1.11 bits per heavy atom. The monoisotopic (exact) mass is 518 g/mol. The second-order valence-electron chi connectivity index (χ2n) is 9.41.